The number of halogens is 1. The molecule has 0 atom stereocenters. The number of rotatable bonds is 5. The first kappa shape index (κ1) is 18.9. The van der Waals surface area contributed by atoms with Crippen LogP contribution in [-0.4, -0.2) is 16.0 Å². The van der Waals surface area contributed by atoms with E-state index in [0.717, 1.165) is 12.0 Å². The Balaban J connectivity index is 2.05. The largest absolute Gasteiger partial charge is 0.460 e. The zero-order valence-electron chi connectivity index (χ0n) is 15.9. The predicted octanol–water partition coefficient (Wildman–Crippen LogP) is 4.01. The fraction of sp³-hybridized carbons (Fsp3) is 0.333. The molecule has 3 aromatic rings. The summed E-state index contributed by atoms with van der Waals surface area (Å²) >= 11 is 0. The molecule has 5 nitrogen and oxygen atoms in total. The predicted molar refractivity (Wildman–Crippen MR) is 103 cm³/mol. The van der Waals surface area contributed by atoms with E-state index in [1.54, 1.807) is 31.3 Å². The number of fused-ring (bicyclic) bond motifs is 1. The van der Waals surface area contributed by atoms with Gasteiger partial charge in [0.15, 0.2) is 0 Å². The number of furan rings is 1. The van der Waals surface area contributed by atoms with Crippen LogP contribution in [0.2, 0.25) is 0 Å². The minimum Gasteiger partial charge on any atom is -0.460 e. The van der Waals surface area contributed by atoms with Crippen molar-refractivity contribution in [1.82, 2.24) is 9.88 Å². The Kier molecular flexibility index (Phi) is 4.91. The van der Waals surface area contributed by atoms with Crippen LogP contribution in [0.15, 0.2) is 45.7 Å². The van der Waals surface area contributed by atoms with Crippen LogP contribution in [0, 0.1) is 12.7 Å². The van der Waals surface area contributed by atoms with E-state index in [-0.39, 0.29) is 34.8 Å². The maximum atomic E-state index is 13.1. The second-order valence-electron chi connectivity index (χ2n) is 7.34. The molecule has 0 unspecified atom stereocenters. The molecule has 142 valence electrons. The van der Waals surface area contributed by atoms with E-state index >= 15 is 0 Å². The van der Waals surface area contributed by atoms with E-state index in [2.05, 4.69) is 5.32 Å². The lowest BCUT2D eigenvalue weighted by Gasteiger charge is -2.24. The van der Waals surface area contributed by atoms with E-state index in [1.165, 1.54) is 16.7 Å². The lowest BCUT2D eigenvalue weighted by Crippen LogP contribution is -2.43. The number of nitrogens with zero attached hydrogens (tertiary/aromatic N) is 1. The summed E-state index contributed by atoms with van der Waals surface area (Å²) < 4.78 is 20.2. The summed E-state index contributed by atoms with van der Waals surface area (Å²) in [6.07, 6.45) is 2.37. The topological polar surface area (TPSA) is 64.2 Å². The highest BCUT2D eigenvalue weighted by Crippen LogP contribution is 2.23. The zero-order valence-corrected chi connectivity index (χ0v) is 15.9. The van der Waals surface area contributed by atoms with Crippen molar-refractivity contribution < 1.29 is 13.6 Å². The lowest BCUT2D eigenvalue weighted by molar-refractivity contribution is 0.0911. The molecule has 0 aliphatic rings. The van der Waals surface area contributed by atoms with Crippen LogP contribution in [0.4, 0.5) is 4.39 Å². The van der Waals surface area contributed by atoms with Gasteiger partial charge in [-0.15, -0.1) is 0 Å². The number of pyridine rings is 1. The van der Waals surface area contributed by atoms with Crippen LogP contribution in [0.1, 0.15) is 48.9 Å². The van der Waals surface area contributed by atoms with Gasteiger partial charge in [0, 0.05) is 11.7 Å². The van der Waals surface area contributed by atoms with Crippen LogP contribution in [0.3, 0.4) is 0 Å². The number of hydrogen-bond acceptors (Lipinski definition) is 3. The Labute approximate surface area is 156 Å². The van der Waals surface area contributed by atoms with Crippen molar-refractivity contribution in [3.63, 3.8) is 0 Å². The summed E-state index contributed by atoms with van der Waals surface area (Å²) in [5.41, 5.74) is 0.733. The third-order valence-electron chi connectivity index (χ3n) is 4.82. The third-order valence-corrected chi connectivity index (χ3v) is 4.82. The number of aryl methyl sites for hydroxylation is 1. The second kappa shape index (κ2) is 7.02. The molecule has 3 rings (SSSR count). The van der Waals surface area contributed by atoms with Gasteiger partial charge < -0.3 is 14.3 Å². The summed E-state index contributed by atoms with van der Waals surface area (Å²) in [6.45, 7) is 7.79. The molecule has 27 heavy (non-hydrogen) atoms. The molecule has 0 spiro atoms. The number of carbonyl (C=O) groups is 1. The first-order valence-electron chi connectivity index (χ1n) is 8.91. The van der Waals surface area contributed by atoms with Crippen molar-refractivity contribution in [2.24, 2.45) is 0 Å². The van der Waals surface area contributed by atoms with Crippen molar-refractivity contribution in [1.29, 1.82) is 0 Å². The Bertz CT molecular complexity index is 1050. The summed E-state index contributed by atoms with van der Waals surface area (Å²) in [7, 11) is 0. The summed E-state index contributed by atoms with van der Waals surface area (Å²) in [5.74, 6) is -0.245. The molecular weight excluding hydrogens is 347 g/mol. The van der Waals surface area contributed by atoms with Crippen LogP contribution < -0.4 is 10.9 Å². The molecule has 0 aliphatic heterocycles. The zero-order chi connectivity index (χ0) is 19.8. The number of aromatic nitrogens is 1. The van der Waals surface area contributed by atoms with Crippen LogP contribution >= 0.6 is 0 Å². The van der Waals surface area contributed by atoms with E-state index < -0.39 is 5.54 Å². The van der Waals surface area contributed by atoms with Gasteiger partial charge in [0.1, 0.15) is 17.2 Å². The number of nitrogens with one attached hydrogen (secondary N) is 1. The van der Waals surface area contributed by atoms with Crippen molar-refractivity contribution in [2.75, 3.05) is 0 Å². The lowest BCUT2D eigenvalue weighted by atomic mass is 10.0. The van der Waals surface area contributed by atoms with E-state index in [4.69, 9.17) is 4.42 Å². The Hall–Kier alpha value is -2.89. The molecule has 0 aliphatic carbocycles. The van der Waals surface area contributed by atoms with Gasteiger partial charge in [-0.3, -0.25) is 9.59 Å². The quantitative estimate of drug-likeness (QED) is 0.738. The minimum absolute atomic E-state index is 0.265. The molecule has 0 saturated heterocycles. The maximum Gasteiger partial charge on any atom is 0.262 e. The number of benzene rings is 1. The van der Waals surface area contributed by atoms with Gasteiger partial charge in [0.05, 0.1) is 17.5 Å². The molecule has 0 bridgehead atoms. The molecule has 1 aromatic carbocycles. The van der Waals surface area contributed by atoms with Gasteiger partial charge in [0.2, 0.25) is 0 Å². The first-order chi connectivity index (χ1) is 12.7. The van der Waals surface area contributed by atoms with Gasteiger partial charge in [-0.05, 0) is 51.0 Å². The molecule has 6 heteroatoms. The second-order valence-corrected chi connectivity index (χ2v) is 7.34. The standard InChI is InChI=1S/C21H23FN2O3/c1-5-21(3,4)23-19(25)17-13(2)27-16-10-11-24(20(26)18(16)17)12-14-6-8-15(22)9-7-14/h6-11H,5,12H2,1-4H3,(H,23,25). The molecular formula is C21H23FN2O3. The van der Waals surface area contributed by atoms with Gasteiger partial charge in [-0.2, -0.15) is 0 Å². The van der Waals surface area contributed by atoms with Gasteiger partial charge in [0.25, 0.3) is 11.5 Å². The molecule has 0 saturated carbocycles. The molecule has 2 aromatic heterocycles. The van der Waals surface area contributed by atoms with Crippen molar-refractivity contribution >= 4 is 16.9 Å². The van der Waals surface area contributed by atoms with Gasteiger partial charge in [-0.1, -0.05) is 19.1 Å². The monoisotopic (exact) mass is 370 g/mol. The summed E-state index contributed by atoms with van der Waals surface area (Å²) in [5, 5.41) is 3.22. The van der Waals surface area contributed by atoms with Crippen LogP contribution in [-0.2, 0) is 6.54 Å². The normalized spacial score (nSPS) is 11.7. The summed E-state index contributed by atoms with van der Waals surface area (Å²) in [6, 6.07) is 7.64. The van der Waals surface area contributed by atoms with Crippen LogP contribution in [0.25, 0.3) is 11.0 Å². The first-order valence-corrected chi connectivity index (χ1v) is 8.91. The van der Waals surface area contributed by atoms with Gasteiger partial charge >= 0.3 is 0 Å². The van der Waals surface area contributed by atoms with E-state index in [9.17, 15) is 14.0 Å². The summed E-state index contributed by atoms with van der Waals surface area (Å²) in [4.78, 5) is 25.8. The van der Waals surface area contributed by atoms with E-state index in [0.29, 0.717) is 11.3 Å². The van der Waals surface area contributed by atoms with E-state index in [1.807, 2.05) is 20.8 Å². The average molecular weight is 370 g/mol. The minimum atomic E-state index is -0.394. The van der Waals surface area contributed by atoms with Crippen LogP contribution in [0.5, 0.6) is 0 Å². The van der Waals surface area contributed by atoms with Crippen molar-refractivity contribution in [3.05, 3.63) is 69.6 Å². The smallest absolute Gasteiger partial charge is 0.262 e. The van der Waals surface area contributed by atoms with Crippen molar-refractivity contribution in [3.8, 4) is 0 Å². The fourth-order valence-electron chi connectivity index (χ4n) is 2.91. The van der Waals surface area contributed by atoms with Crippen molar-refractivity contribution in [2.45, 2.75) is 46.2 Å². The molecule has 1 amide bonds. The number of carbonyl (C=O) groups excluding carboxylic acids is 1. The Morgan fingerprint density at radius 3 is 2.52 bits per heavy atom. The molecule has 0 radical (unpaired) electrons. The Morgan fingerprint density at radius 1 is 1.22 bits per heavy atom. The fourth-order valence-corrected chi connectivity index (χ4v) is 2.91. The maximum absolute atomic E-state index is 13.1. The number of amides is 1. The average Bonchev–Trinajstić information content (AvgIpc) is 2.96. The molecule has 1 N–H and O–H groups in total. The highest BCUT2D eigenvalue weighted by molar-refractivity contribution is 6.07. The SMILES string of the molecule is CCC(C)(C)NC(=O)c1c(C)oc2ccn(Cc3ccc(F)cc3)c(=O)c12. The highest BCUT2D eigenvalue weighted by Gasteiger charge is 2.26. The third kappa shape index (κ3) is 3.79. The Morgan fingerprint density at radius 2 is 1.89 bits per heavy atom. The van der Waals surface area contributed by atoms with Gasteiger partial charge in [-0.25, -0.2) is 4.39 Å². The molecule has 0 fully saturated rings. The highest BCUT2D eigenvalue weighted by atomic mass is 19.1. The number of hydrogen-bond donors (Lipinski definition) is 1. The molecule has 2 heterocycles.